The first-order valence-corrected chi connectivity index (χ1v) is 5.62. The highest BCUT2D eigenvalue weighted by Gasteiger charge is 2.02. The number of phenolic OH excluding ortho intramolecular Hbond substituents is 1. The Morgan fingerprint density at radius 2 is 2.19 bits per heavy atom. The lowest BCUT2D eigenvalue weighted by Gasteiger charge is -2.05. The SMILES string of the molecule is Oc1ccc(Br)cc1CNCc1ccno1. The molecule has 0 atom stereocenters. The van der Waals surface area contributed by atoms with E-state index < -0.39 is 0 Å². The summed E-state index contributed by atoms with van der Waals surface area (Å²) in [6, 6.07) is 7.14. The predicted molar refractivity (Wildman–Crippen MR) is 62.9 cm³/mol. The fraction of sp³-hybridized carbons (Fsp3) is 0.182. The molecule has 0 radical (unpaired) electrons. The van der Waals surface area contributed by atoms with Crippen LogP contribution < -0.4 is 5.32 Å². The summed E-state index contributed by atoms with van der Waals surface area (Å²) in [6.07, 6.45) is 1.60. The molecule has 16 heavy (non-hydrogen) atoms. The summed E-state index contributed by atoms with van der Waals surface area (Å²) in [7, 11) is 0. The van der Waals surface area contributed by atoms with Crippen LogP contribution in [0.15, 0.2) is 39.5 Å². The van der Waals surface area contributed by atoms with Gasteiger partial charge in [0.25, 0.3) is 0 Å². The Morgan fingerprint density at radius 1 is 1.31 bits per heavy atom. The van der Waals surface area contributed by atoms with Crippen LogP contribution in [0.1, 0.15) is 11.3 Å². The molecule has 1 aromatic carbocycles. The van der Waals surface area contributed by atoms with Crippen molar-refractivity contribution in [3.8, 4) is 5.75 Å². The summed E-state index contributed by atoms with van der Waals surface area (Å²) >= 11 is 3.36. The van der Waals surface area contributed by atoms with Crippen LogP contribution in [-0.4, -0.2) is 10.3 Å². The first-order chi connectivity index (χ1) is 7.75. The molecule has 1 heterocycles. The molecule has 2 N–H and O–H groups in total. The first kappa shape index (κ1) is 11.2. The lowest BCUT2D eigenvalue weighted by Crippen LogP contribution is -2.12. The van der Waals surface area contributed by atoms with Gasteiger partial charge in [-0.2, -0.15) is 0 Å². The van der Waals surface area contributed by atoms with Gasteiger partial charge < -0.3 is 14.9 Å². The van der Waals surface area contributed by atoms with Gasteiger partial charge in [-0.25, -0.2) is 0 Å². The summed E-state index contributed by atoms with van der Waals surface area (Å²) in [5.41, 5.74) is 0.842. The molecular formula is C11H11BrN2O2. The van der Waals surface area contributed by atoms with Gasteiger partial charge in [0, 0.05) is 22.6 Å². The molecule has 0 unspecified atom stereocenters. The second-order valence-corrected chi connectivity index (χ2v) is 4.27. The maximum absolute atomic E-state index is 9.60. The zero-order valence-corrected chi connectivity index (χ0v) is 10.1. The summed E-state index contributed by atoms with van der Waals surface area (Å²) < 4.78 is 5.89. The number of halogens is 1. The fourth-order valence-corrected chi connectivity index (χ4v) is 1.76. The monoisotopic (exact) mass is 282 g/mol. The van der Waals surface area contributed by atoms with Crippen LogP contribution in [0.4, 0.5) is 0 Å². The molecule has 84 valence electrons. The molecule has 4 nitrogen and oxygen atoms in total. The molecule has 0 bridgehead atoms. The van der Waals surface area contributed by atoms with E-state index in [1.165, 1.54) is 0 Å². The van der Waals surface area contributed by atoms with Gasteiger partial charge in [0.2, 0.25) is 0 Å². The van der Waals surface area contributed by atoms with E-state index in [2.05, 4.69) is 26.4 Å². The highest BCUT2D eigenvalue weighted by Crippen LogP contribution is 2.21. The molecule has 0 amide bonds. The van der Waals surface area contributed by atoms with Crippen LogP contribution in [0.3, 0.4) is 0 Å². The molecule has 2 rings (SSSR count). The van der Waals surface area contributed by atoms with E-state index in [0.717, 1.165) is 15.8 Å². The third kappa shape index (κ3) is 2.84. The van der Waals surface area contributed by atoms with E-state index in [-0.39, 0.29) is 5.75 Å². The fourth-order valence-electron chi connectivity index (χ4n) is 1.35. The molecule has 0 spiro atoms. The van der Waals surface area contributed by atoms with Gasteiger partial charge in [-0.3, -0.25) is 0 Å². The van der Waals surface area contributed by atoms with Crippen LogP contribution in [-0.2, 0) is 13.1 Å². The van der Waals surface area contributed by atoms with Gasteiger partial charge >= 0.3 is 0 Å². The highest BCUT2D eigenvalue weighted by atomic mass is 79.9. The van der Waals surface area contributed by atoms with E-state index in [9.17, 15) is 5.11 Å². The number of aromatic hydroxyl groups is 1. The smallest absolute Gasteiger partial charge is 0.150 e. The Bertz CT molecular complexity index is 457. The molecular weight excluding hydrogens is 272 g/mol. The minimum Gasteiger partial charge on any atom is -0.508 e. The normalized spacial score (nSPS) is 10.6. The number of nitrogens with zero attached hydrogens (tertiary/aromatic N) is 1. The van der Waals surface area contributed by atoms with Crippen LogP contribution in [0.5, 0.6) is 5.75 Å². The Balaban J connectivity index is 1.92. The van der Waals surface area contributed by atoms with Gasteiger partial charge in [-0.15, -0.1) is 0 Å². The second kappa shape index (κ2) is 5.14. The zero-order valence-electron chi connectivity index (χ0n) is 8.48. The third-order valence-corrected chi connectivity index (χ3v) is 2.64. The number of rotatable bonds is 4. The van der Waals surface area contributed by atoms with Gasteiger partial charge in [0.15, 0.2) is 0 Å². The van der Waals surface area contributed by atoms with Crippen molar-refractivity contribution in [1.29, 1.82) is 0 Å². The molecule has 2 aromatic rings. The van der Waals surface area contributed by atoms with Gasteiger partial charge in [-0.1, -0.05) is 21.1 Å². The molecule has 0 saturated carbocycles. The standard InChI is InChI=1S/C11H11BrN2O2/c12-9-1-2-11(15)8(5-9)6-13-7-10-3-4-14-16-10/h1-5,13,15H,6-7H2. The molecule has 5 heteroatoms. The zero-order chi connectivity index (χ0) is 11.4. The van der Waals surface area contributed by atoms with Crippen molar-refractivity contribution in [1.82, 2.24) is 10.5 Å². The van der Waals surface area contributed by atoms with E-state index in [0.29, 0.717) is 13.1 Å². The van der Waals surface area contributed by atoms with Crippen molar-refractivity contribution >= 4 is 15.9 Å². The van der Waals surface area contributed by atoms with Crippen LogP contribution in [0, 0.1) is 0 Å². The topological polar surface area (TPSA) is 58.3 Å². The third-order valence-electron chi connectivity index (χ3n) is 2.15. The number of hydrogen-bond donors (Lipinski definition) is 2. The first-order valence-electron chi connectivity index (χ1n) is 4.83. The van der Waals surface area contributed by atoms with Crippen molar-refractivity contribution in [2.75, 3.05) is 0 Å². The quantitative estimate of drug-likeness (QED) is 0.904. The average Bonchev–Trinajstić information content (AvgIpc) is 2.76. The lowest BCUT2D eigenvalue weighted by molar-refractivity contribution is 0.372. The molecule has 0 saturated heterocycles. The predicted octanol–water partition coefficient (Wildman–Crippen LogP) is 2.43. The van der Waals surface area contributed by atoms with Gasteiger partial charge in [0.1, 0.15) is 11.5 Å². The molecule has 0 aliphatic rings. The average molecular weight is 283 g/mol. The van der Waals surface area contributed by atoms with Gasteiger partial charge in [0.05, 0.1) is 12.7 Å². The maximum Gasteiger partial charge on any atom is 0.150 e. The van der Waals surface area contributed by atoms with Crippen molar-refractivity contribution < 1.29 is 9.63 Å². The highest BCUT2D eigenvalue weighted by molar-refractivity contribution is 9.10. The maximum atomic E-state index is 9.60. The number of hydrogen-bond acceptors (Lipinski definition) is 4. The largest absolute Gasteiger partial charge is 0.508 e. The summed E-state index contributed by atoms with van der Waals surface area (Å²) in [6.45, 7) is 1.16. The number of nitrogens with one attached hydrogen (secondary N) is 1. The van der Waals surface area contributed by atoms with E-state index >= 15 is 0 Å². The minimum absolute atomic E-state index is 0.285. The van der Waals surface area contributed by atoms with Crippen molar-refractivity contribution in [2.45, 2.75) is 13.1 Å². The number of aromatic nitrogens is 1. The van der Waals surface area contributed by atoms with Crippen molar-refractivity contribution in [3.05, 3.63) is 46.3 Å². The Labute approximate surface area is 101 Å². The van der Waals surface area contributed by atoms with E-state index in [1.54, 1.807) is 24.4 Å². The van der Waals surface area contributed by atoms with Gasteiger partial charge in [-0.05, 0) is 18.2 Å². The van der Waals surface area contributed by atoms with Crippen LogP contribution in [0.2, 0.25) is 0 Å². The summed E-state index contributed by atoms with van der Waals surface area (Å²) in [5.74, 6) is 1.06. The van der Waals surface area contributed by atoms with E-state index in [1.807, 2.05) is 6.07 Å². The molecule has 0 aliphatic carbocycles. The summed E-state index contributed by atoms with van der Waals surface area (Å²) in [4.78, 5) is 0. The Kier molecular flexibility index (Phi) is 3.58. The molecule has 1 aromatic heterocycles. The minimum atomic E-state index is 0.285. The number of benzene rings is 1. The molecule has 0 aliphatic heterocycles. The van der Waals surface area contributed by atoms with Crippen molar-refractivity contribution in [3.63, 3.8) is 0 Å². The lowest BCUT2D eigenvalue weighted by atomic mass is 10.2. The van der Waals surface area contributed by atoms with Crippen LogP contribution in [0.25, 0.3) is 0 Å². The van der Waals surface area contributed by atoms with Crippen molar-refractivity contribution in [2.24, 2.45) is 0 Å². The number of phenols is 1. The second-order valence-electron chi connectivity index (χ2n) is 3.36. The van der Waals surface area contributed by atoms with Crippen LogP contribution >= 0.6 is 15.9 Å². The molecule has 0 fully saturated rings. The Hall–Kier alpha value is -1.33. The summed E-state index contributed by atoms with van der Waals surface area (Å²) in [5, 5.41) is 16.4. The van der Waals surface area contributed by atoms with E-state index in [4.69, 9.17) is 4.52 Å². The Morgan fingerprint density at radius 3 is 2.94 bits per heavy atom.